The summed E-state index contributed by atoms with van der Waals surface area (Å²) in [5.74, 6) is 0.581. The van der Waals surface area contributed by atoms with Crippen LogP contribution in [0, 0.1) is 0 Å². The third-order valence-corrected chi connectivity index (χ3v) is 7.27. The summed E-state index contributed by atoms with van der Waals surface area (Å²) in [6.45, 7) is 0.468. The molecule has 0 spiro atoms. The van der Waals surface area contributed by atoms with Gasteiger partial charge in [0.1, 0.15) is 5.75 Å². The lowest BCUT2D eigenvalue weighted by atomic mass is 9.82. The molecule has 3 N–H and O–H groups in total. The fraction of sp³-hybridized carbons (Fsp3) is 0.259. The van der Waals surface area contributed by atoms with E-state index in [1.807, 2.05) is 36.4 Å². The maximum atomic E-state index is 13.7. The first-order valence-corrected chi connectivity index (χ1v) is 13.2. The van der Waals surface area contributed by atoms with Crippen molar-refractivity contribution in [1.29, 1.82) is 0 Å². The number of amides is 1. The fourth-order valence-electron chi connectivity index (χ4n) is 4.13. The average Bonchev–Trinajstić information content (AvgIpc) is 3.26. The van der Waals surface area contributed by atoms with Crippen LogP contribution in [0.5, 0.6) is 5.75 Å². The van der Waals surface area contributed by atoms with Crippen LogP contribution in [0.15, 0.2) is 76.2 Å². The monoisotopic (exact) mass is 605 g/mol. The van der Waals surface area contributed by atoms with Gasteiger partial charge < -0.3 is 14.6 Å². The number of rotatable bonds is 10. The van der Waals surface area contributed by atoms with Crippen molar-refractivity contribution < 1.29 is 19.4 Å². The zero-order valence-electron chi connectivity index (χ0n) is 20.0. The first kappa shape index (κ1) is 27.4. The van der Waals surface area contributed by atoms with Crippen molar-refractivity contribution in [2.24, 2.45) is 4.99 Å². The number of hydrazine groups is 1. The zero-order valence-corrected chi connectivity index (χ0v) is 23.1. The number of nitrogens with zero attached hydrogens (tertiary/aromatic N) is 1. The molecule has 0 aliphatic carbocycles. The Morgan fingerprint density at radius 2 is 1.92 bits per heavy atom. The molecule has 37 heavy (non-hydrogen) atoms. The molecule has 0 saturated heterocycles. The van der Waals surface area contributed by atoms with Crippen molar-refractivity contribution in [2.75, 3.05) is 20.3 Å². The summed E-state index contributed by atoms with van der Waals surface area (Å²) in [7, 11) is 1.62. The van der Waals surface area contributed by atoms with Gasteiger partial charge in [-0.15, -0.1) is 0 Å². The van der Waals surface area contributed by atoms with E-state index in [-0.39, 0.29) is 18.9 Å². The second-order valence-electron chi connectivity index (χ2n) is 8.43. The van der Waals surface area contributed by atoms with Crippen molar-refractivity contribution in [1.82, 2.24) is 10.9 Å². The Hall–Kier alpha value is -2.62. The number of hydrogen-bond donors (Lipinski definition) is 3. The molecule has 1 aliphatic rings. The van der Waals surface area contributed by atoms with Crippen molar-refractivity contribution in [3.05, 3.63) is 97.9 Å². The largest absolute Gasteiger partial charge is 0.494 e. The lowest BCUT2D eigenvalue weighted by Gasteiger charge is -2.31. The van der Waals surface area contributed by atoms with Gasteiger partial charge in [-0.1, -0.05) is 63.4 Å². The number of carbonyl (C=O) groups is 1. The number of nitrogens with one attached hydrogen (secondary N) is 2. The van der Waals surface area contributed by atoms with Gasteiger partial charge in [0.15, 0.2) is 11.6 Å². The molecule has 1 heterocycles. The number of aliphatic hydroxyl groups excluding tert-OH is 1. The Kier molecular flexibility index (Phi) is 9.10. The predicted molar refractivity (Wildman–Crippen MR) is 148 cm³/mol. The van der Waals surface area contributed by atoms with Gasteiger partial charge in [0.05, 0.1) is 6.61 Å². The number of benzene rings is 3. The van der Waals surface area contributed by atoms with Gasteiger partial charge in [-0.2, -0.15) is 0 Å². The summed E-state index contributed by atoms with van der Waals surface area (Å²) >= 11 is 16.4. The maximum Gasteiger partial charge on any atom is 0.266 e. The van der Waals surface area contributed by atoms with Crippen molar-refractivity contribution in [3.8, 4) is 5.75 Å². The topological polar surface area (TPSA) is 92.2 Å². The first-order valence-electron chi connectivity index (χ1n) is 11.6. The van der Waals surface area contributed by atoms with E-state index in [4.69, 9.17) is 42.8 Å². The summed E-state index contributed by atoms with van der Waals surface area (Å²) in [5.41, 5.74) is 6.19. The molecule has 0 radical (unpaired) electrons. The van der Waals surface area contributed by atoms with Gasteiger partial charge in [-0.05, 0) is 48.0 Å². The predicted octanol–water partition coefficient (Wildman–Crippen LogP) is 5.27. The minimum atomic E-state index is -1.39. The highest BCUT2D eigenvalue weighted by atomic mass is 79.9. The molecule has 4 rings (SSSR count). The van der Waals surface area contributed by atoms with Crippen molar-refractivity contribution in [3.63, 3.8) is 0 Å². The molecule has 2 atom stereocenters. The van der Waals surface area contributed by atoms with Gasteiger partial charge in [0, 0.05) is 52.1 Å². The van der Waals surface area contributed by atoms with E-state index in [0.717, 1.165) is 10.0 Å². The van der Waals surface area contributed by atoms with E-state index in [9.17, 15) is 4.79 Å². The summed E-state index contributed by atoms with van der Waals surface area (Å²) in [6, 6.07) is 20.0. The number of aliphatic imine (C=N–C) groups is 1. The lowest BCUT2D eigenvalue weighted by Crippen LogP contribution is -2.53. The lowest BCUT2D eigenvalue weighted by molar-refractivity contribution is -0.129. The van der Waals surface area contributed by atoms with Crippen LogP contribution in [0.2, 0.25) is 10.0 Å². The molecule has 10 heteroatoms. The van der Waals surface area contributed by atoms with Gasteiger partial charge >= 0.3 is 0 Å². The Morgan fingerprint density at radius 3 is 2.59 bits per heavy atom. The van der Waals surface area contributed by atoms with Crippen LogP contribution < -0.4 is 15.6 Å². The molecular formula is C27H26BrCl2N3O4. The molecule has 0 saturated carbocycles. The fourth-order valence-corrected chi connectivity index (χ4v) is 5.06. The van der Waals surface area contributed by atoms with Crippen LogP contribution in [-0.4, -0.2) is 42.7 Å². The quantitative estimate of drug-likeness (QED) is 0.216. The van der Waals surface area contributed by atoms with Crippen LogP contribution in [-0.2, 0) is 16.0 Å². The number of carbonyl (C=O) groups excluding carboxylic acids is 1. The molecule has 3 aromatic carbocycles. The first-order chi connectivity index (χ1) is 17.9. The van der Waals surface area contributed by atoms with E-state index in [1.54, 1.807) is 37.4 Å². The third-order valence-electron chi connectivity index (χ3n) is 5.93. The van der Waals surface area contributed by atoms with Gasteiger partial charge in [0.25, 0.3) is 5.91 Å². The normalized spacial score (nSPS) is 18.7. The molecule has 1 aliphatic heterocycles. The SMILES string of the molecule is CNNC(=O)[C@@]1(Cc2ccccc2Br)N=C(c2ccc(OCCCO)cc2)O[C@H]1c1ccc(Cl)cc1Cl. The van der Waals surface area contributed by atoms with E-state index in [2.05, 4.69) is 26.8 Å². The van der Waals surface area contributed by atoms with E-state index in [1.165, 1.54) is 0 Å². The van der Waals surface area contributed by atoms with Crippen molar-refractivity contribution >= 4 is 50.9 Å². The second-order valence-corrected chi connectivity index (χ2v) is 10.1. The van der Waals surface area contributed by atoms with E-state index < -0.39 is 11.6 Å². The van der Waals surface area contributed by atoms with Gasteiger partial charge in [-0.3, -0.25) is 10.2 Å². The van der Waals surface area contributed by atoms with Crippen molar-refractivity contribution in [2.45, 2.75) is 24.5 Å². The minimum absolute atomic E-state index is 0.0612. The van der Waals surface area contributed by atoms with Crippen LogP contribution in [0.25, 0.3) is 0 Å². The van der Waals surface area contributed by atoms with Crippen LogP contribution >= 0.6 is 39.1 Å². The second kappa shape index (κ2) is 12.3. The number of hydrogen-bond acceptors (Lipinski definition) is 6. The Labute approximate surface area is 233 Å². The minimum Gasteiger partial charge on any atom is -0.494 e. The average molecular weight is 607 g/mol. The molecule has 0 fully saturated rings. The molecular weight excluding hydrogens is 581 g/mol. The number of aliphatic hydroxyl groups is 1. The molecule has 0 bridgehead atoms. The molecule has 7 nitrogen and oxygen atoms in total. The number of halogens is 3. The van der Waals surface area contributed by atoms with E-state index >= 15 is 0 Å². The molecule has 1 amide bonds. The smallest absolute Gasteiger partial charge is 0.266 e. The van der Waals surface area contributed by atoms with E-state index in [0.29, 0.717) is 45.8 Å². The zero-order chi connectivity index (χ0) is 26.4. The van der Waals surface area contributed by atoms with Crippen LogP contribution in [0.3, 0.4) is 0 Å². The highest BCUT2D eigenvalue weighted by Crippen LogP contribution is 2.45. The summed E-state index contributed by atoms with van der Waals surface area (Å²) in [6.07, 6.45) is -0.0652. The highest BCUT2D eigenvalue weighted by molar-refractivity contribution is 9.10. The summed E-state index contributed by atoms with van der Waals surface area (Å²) in [5, 5.41) is 9.81. The molecule has 0 unspecified atom stereocenters. The Balaban J connectivity index is 1.80. The van der Waals surface area contributed by atoms with Gasteiger partial charge in [0.2, 0.25) is 5.90 Å². The highest BCUT2D eigenvalue weighted by Gasteiger charge is 2.54. The molecule has 194 valence electrons. The van der Waals surface area contributed by atoms with Crippen LogP contribution in [0.4, 0.5) is 0 Å². The van der Waals surface area contributed by atoms with Crippen LogP contribution in [0.1, 0.15) is 29.2 Å². The third kappa shape index (κ3) is 6.10. The number of ether oxygens (including phenoxy) is 2. The van der Waals surface area contributed by atoms with Gasteiger partial charge in [-0.25, -0.2) is 10.4 Å². The summed E-state index contributed by atoms with van der Waals surface area (Å²) in [4.78, 5) is 18.7. The Morgan fingerprint density at radius 1 is 1.16 bits per heavy atom. The molecule has 3 aromatic rings. The Bertz CT molecular complexity index is 1290. The maximum absolute atomic E-state index is 13.7. The standard InChI is InChI=1S/C27H26BrCl2N3O4/c1-31-33-26(35)27(16-18-5-2-3-6-22(18)28)24(21-12-9-19(29)15-23(21)30)37-25(32-27)17-7-10-20(11-8-17)36-14-4-13-34/h2-3,5-12,15,24,31,34H,4,13-14,16H2,1H3,(H,33,35)/t24-,27-/m0/s1. The summed E-state index contributed by atoms with van der Waals surface area (Å²) < 4.78 is 12.9. The molecule has 0 aromatic heterocycles.